The van der Waals surface area contributed by atoms with Crippen LogP contribution in [0.2, 0.25) is 0 Å². The monoisotopic (exact) mass is 259 g/mol. The second-order valence-electron chi connectivity index (χ2n) is 4.18. The van der Waals surface area contributed by atoms with Gasteiger partial charge in [-0.15, -0.1) is 0 Å². The van der Waals surface area contributed by atoms with Crippen molar-refractivity contribution in [1.82, 2.24) is 5.32 Å². The molecule has 0 radical (unpaired) electrons. The summed E-state index contributed by atoms with van der Waals surface area (Å²) in [5, 5.41) is 4.78. The van der Waals surface area contributed by atoms with Gasteiger partial charge in [-0.3, -0.25) is 4.79 Å². The molecule has 0 saturated heterocycles. The maximum absolute atomic E-state index is 10.2. The number of ether oxygens (including phenoxy) is 2. The number of hydrogen-bond acceptors (Lipinski definition) is 3. The molecular weight excluding hydrogens is 242 g/mol. The molecule has 0 aliphatic heterocycles. The van der Waals surface area contributed by atoms with Crippen LogP contribution in [0.25, 0.3) is 10.8 Å². The van der Waals surface area contributed by atoms with Crippen molar-refractivity contribution >= 4 is 17.2 Å². The first-order valence-corrected chi connectivity index (χ1v) is 6.10. The molecule has 19 heavy (non-hydrogen) atoms. The normalized spacial score (nSPS) is 10.2. The Bertz CT molecular complexity index is 581. The minimum atomic E-state index is 0.626. The number of hydrogen-bond donors (Lipinski definition) is 1. The van der Waals surface area contributed by atoms with Gasteiger partial charge in [-0.1, -0.05) is 18.2 Å². The van der Waals surface area contributed by atoms with Gasteiger partial charge in [0.25, 0.3) is 0 Å². The van der Waals surface area contributed by atoms with E-state index in [9.17, 15) is 4.79 Å². The molecule has 2 aromatic carbocycles. The van der Waals surface area contributed by atoms with E-state index < -0.39 is 0 Å². The Morgan fingerprint density at radius 3 is 2.63 bits per heavy atom. The topological polar surface area (TPSA) is 47.6 Å². The Balaban J connectivity index is 2.41. The lowest BCUT2D eigenvalue weighted by atomic mass is 10.0. The fourth-order valence-corrected chi connectivity index (χ4v) is 2.12. The summed E-state index contributed by atoms with van der Waals surface area (Å²) in [5.41, 5.74) is 1.15. The molecule has 4 nitrogen and oxygen atoms in total. The average Bonchev–Trinajstić information content (AvgIpc) is 2.46. The number of nitrogens with one attached hydrogen (secondary N) is 1. The standard InChI is InChI=1S/C15H17NO3/c1-18-14-6-5-12-4-3-11(7-8-16-10-17)9-13(12)15(14)19-2/h3-6,9-10H,7-8H2,1-2H3,(H,16,17). The maximum atomic E-state index is 10.2. The lowest BCUT2D eigenvalue weighted by Crippen LogP contribution is -2.14. The average molecular weight is 259 g/mol. The summed E-state index contributed by atoms with van der Waals surface area (Å²) in [6.45, 7) is 0.626. The summed E-state index contributed by atoms with van der Waals surface area (Å²) in [5.74, 6) is 1.46. The molecule has 0 aromatic heterocycles. The van der Waals surface area contributed by atoms with Gasteiger partial charge in [-0.05, 0) is 29.5 Å². The maximum Gasteiger partial charge on any atom is 0.207 e. The molecule has 4 heteroatoms. The van der Waals surface area contributed by atoms with E-state index in [1.54, 1.807) is 14.2 Å². The van der Waals surface area contributed by atoms with Gasteiger partial charge < -0.3 is 14.8 Å². The van der Waals surface area contributed by atoms with E-state index in [1.807, 2.05) is 18.2 Å². The van der Waals surface area contributed by atoms with Gasteiger partial charge >= 0.3 is 0 Å². The van der Waals surface area contributed by atoms with E-state index in [4.69, 9.17) is 9.47 Å². The van der Waals surface area contributed by atoms with Crippen molar-refractivity contribution in [3.05, 3.63) is 35.9 Å². The van der Waals surface area contributed by atoms with Gasteiger partial charge in [-0.2, -0.15) is 0 Å². The predicted molar refractivity (Wildman–Crippen MR) is 74.8 cm³/mol. The predicted octanol–water partition coefficient (Wildman–Crippen LogP) is 2.15. The van der Waals surface area contributed by atoms with Crippen LogP contribution in [0.5, 0.6) is 11.5 Å². The highest BCUT2D eigenvalue weighted by molar-refractivity contribution is 5.91. The summed E-state index contributed by atoms with van der Waals surface area (Å²) >= 11 is 0. The molecule has 0 heterocycles. The first-order chi connectivity index (χ1) is 9.30. The highest BCUT2D eigenvalue weighted by atomic mass is 16.5. The lowest BCUT2D eigenvalue weighted by Gasteiger charge is -2.11. The van der Waals surface area contributed by atoms with E-state index in [0.29, 0.717) is 13.0 Å². The van der Waals surface area contributed by atoms with Crippen molar-refractivity contribution in [3.63, 3.8) is 0 Å². The summed E-state index contributed by atoms with van der Waals surface area (Å²) in [6.07, 6.45) is 1.50. The number of carbonyl (C=O) groups excluding carboxylic acids is 1. The Hall–Kier alpha value is -2.23. The number of benzene rings is 2. The first-order valence-electron chi connectivity index (χ1n) is 6.10. The number of rotatable bonds is 6. The van der Waals surface area contributed by atoms with Gasteiger partial charge in [0.1, 0.15) is 0 Å². The minimum absolute atomic E-state index is 0.626. The molecule has 0 aliphatic rings. The van der Waals surface area contributed by atoms with Crippen molar-refractivity contribution in [3.8, 4) is 11.5 Å². The molecular formula is C15H17NO3. The van der Waals surface area contributed by atoms with E-state index >= 15 is 0 Å². The van der Waals surface area contributed by atoms with Crippen molar-refractivity contribution in [2.45, 2.75) is 6.42 Å². The molecule has 0 aliphatic carbocycles. The van der Waals surface area contributed by atoms with Crippen molar-refractivity contribution in [1.29, 1.82) is 0 Å². The Morgan fingerprint density at radius 2 is 1.95 bits per heavy atom. The zero-order valence-electron chi connectivity index (χ0n) is 11.1. The molecule has 0 unspecified atom stereocenters. The van der Waals surface area contributed by atoms with Crippen LogP contribution in [-0.4, -0.2) is 27.2 Å². The third-order valence-electron chi connectivity index (χ3n) is 3.07. The summed E-state index contributed by atoms with van der Waals surface area (Å²) < 4.78 is 10.7. The van der Waals surface area contributed by atoms with Gasteiger partial charge in [-0.25, -0.2) is 0 Å². The molecule has 2 rings (SSSR count). The van der Waals surface area contributed by atoms with E-state index in [-0.39, 0.29) is 0 Å². The van der Waals surface area contributed by atoms with Crippen LogP contribution in [0.15, 0.2) is 30.3 Å². The molecule has 0 atom stereocenters. The largest absolute Gasteiger partial charge is 0.493 e. The van der Waals surface area contributed by atoms with E-state index in [0.717, 1.165) is 34.3 Å². The fraction of sp³-hybridized carbons (Fsp3) is 0.267. The van der Waals surface area contributed by atoms with Crippen LogP contribution < -0.4 is 14.8 Å². The molecule has 1 amide bonds. The SMILES string of the molecule is COc1ccc2ccc(CCNC=O)cc2c1OC. The van der Waals surface area contributed by atoms with Crippen molar-refractivity contribution in [2.24, 2.45) is 0 Å². The Kier molecular flexibility index (Phi) is 4.23. The second kappa shape index (κ2) is 6.09. The van der Waals surface area contributed by atoms with Crippen molar-refractivity contribution in [2.75, 3.05) is 20.8 Å². The zero-order valence-corrected chi connectivity index (χ0v) is 11.1. The summed E-state index contributed by atoms with van der Waals surface area (Å²) in [4.78, 5) is 10.2. The number of methoxy groups -OCH3 is 2. The molecule has 0 bridgehead atoms. The van der Waals surface area contributed by atoms with E-state index in [2.05, 4.69) is 17.4 Å². The van der Waals surface area contributed by atoms with Crippen LogP contribution in [0, 0.1) is 0 Å². The Labute approximate surface area is 112 Å². The van der Waals surface area contributed by atoms with Crippen LogP contribution in [0.1, 0.15) is 5.56 Å². The van der Waals surface area contributed by atoms with Gasteiger partial charge in [0, 0.05) is 11.9 Å². The number of carbonyl (C=O) groups is 1. The highest BCUT2D eigenvalue weighted by Gasteiger charge is 2.09. The van der Waals surface area contributed by atoms with Gasteiger partial charge in [0.15, 0.2) is 11.5 Å². The third-order valence-corrected chi connectivity index (χ3v) is 3.07. The number of fused-ring (bicyclic) bond motifs is 1. The molecule has 1 N–H and O–H groups in total. The van der Waals surface area contributed by atoms with Crippen LogP contribution in [0.4, 0.5) is 0 Å². The fourth-order valence-electron chi connectivity index (χ4n) is 2.12. The van der Waals surface area contributed by atoms with Crippen LogP contribution >= 0.6 is 0 Å². The first kappa shape index (κ1) is 13.2. The molecule has 0 fully saturated rings. The second-order valence-corrected chi connectivity index (χ2v) is 4.18. The summed E-state index contributed by atoms with van der Waals surface area (Å²) in [7, 11) is 3.26. The van der Waals surface area contributed by atoms with Gasteiger partial charge in [0.05, 0.1) is 14.2 Å². The summed E-state index contributed by atoms with van der Waals surface area (Å²) in [6, 6.07) is 10.1. The minimum Gasteiger partial charge on any atom is -0.493 e. The van der Waals surface area contributed by atoms with Gasteiger partial charge in [0.2, 0.25) is 6.41 Å². The van der Waals surface area contributed by atoms with Crippen LogP contribution in [0.3, 0.4) is 0 Å². The van der Waals surface area contributed by atoms with Crippen molar-refractivity contribution < 1.29 is 14.3 Å². The van der Waals surface area contributed by atoms with E-state index in [1.165, 1.54) is 0 Å². The lowest BCUT2D eigenvalue weighted by molar-refractivity contribution is -0.109. The molecule has 2 aromatic rings. The Morgan fingerprint density at radius 1 is 1.16 bits per heavy atom. The zero-order chi connectivity index (χ0) is 13.7. The molecule has 0 spiro atoms. The quantitative estimate of drug-likeness (QED) is 0.638. The smallest absolute Gasteiger partial charge is 0.207 e. The number of amides is 1. The molecule has 100 valence electrons. The molecule has 0 saturated carbocycles. The highest BCUT2D eigenvalue weighted by Crippen LogP contribution is 2.35. The third kappa shape index (κ3) is 2.78. The van der Waals surface area contributed by atoms with Crippen LogP contribution in [-0.2, 0) is 11.2 Å².